The second kappa shape index (κ2) is 12.7. The maximum absolute atomic E-state index is 12.8. The first-order valence-corrected chi connectivity index (χ1v) is 10.7. The Kier molecular flexibility index (Phi) is 10.7. The van der Waals surface area contributed by atoms with E-state index in [0.29, 0.717) is 6.42 Å². The SMILES string of the molecule is CC[C@H](C)[C@H](NC(=O)OC(C)(C)C)C(=O)N[C@@H](CCC(=O)OCc1ccccc1)C(N)=O. The zero-order valence-corrected chi connectivity index (χ0v) is 19.5. The smallest absolute Gasteiger partial charge is 0.408 e. The molecule has 9 nitrogen and oxygen atoms in total. The second-order valence-corrected chi connectivity index (χ2v) is 8.66. The minimum Gasteiger partial charge on any atom is -0.461 e. The van der Waals surface area contributed by atoms with E-state index in [4.69, 9.17) is 15.2 Å². The lowest BCUT2D eigenvalue weighted by Gasteiger charge is -2.27. The Bertz CT molecular complexity index is 776. The van der Waals surface area contributed by atoms with Gasteiger partial charge in [0.05, 0.1) is 0 Å². The van der Waals surface area contributed by atoms with E-state index < -0.39 is 41.6 Å². The summed E-state index contributed by atoms with van der Waals surface area (Å²) < 4.78 is 10.4. The van der Waals surface area contributed by atoms with Crippen molar-refractivity contribution in [3.05, 3.63) is 35.9 Å². The van der Waals surface area contributed by atoms with Crippen LogP contribution < -0.4 is 16.4 Å². The Balaban J connectivity index is 2.67. The Morgan fingerprint density at radius 3 is 2.22 bits per heavy atom. The molecule has 0 aliphatic heterocycles. The van der Waals surface area contributed by atoms with Gasteiger partial charge in [-0.15, -0.1) is 0 Å². The number of nitrogens with one attached hydrogen (secondary N) is 2. The maximum atomic E-state index is 12.8. The molecule has 32 heavy (non-hydrogen) atoms. The summed E-state index contributed by atoms with van der Waals surface area (Å²) in [4.78, 5) is 48.8. The molecule has 0 aliphatic carbocycles. The van der Waals surface area contributed by atoms with Crippen molar-refractivity contribution in [2.75, 3.05) is 0 Å². The van der Waals surface area contributed by atoms with E-state index in [2.05, 4.69) is 10.6 Å². The number of rotatable bonds is 11. The van der Waals surface area contributed by atoms with Gasteiger partial charge >= 0.3 is 12.1 Å². The van der Waals surface area contributed by atoms with Gasteiger partial charge < -0.3 is 25.8 Å². The average molecular weight is 450 g/mol. The summed E-state index contributed by atoms with van der Waals surface area (Å²) >= 11 is 0. The van der Waals surface area contributed by atoms with Crippen LogP contribution in [0.15, 0.2) is 30.3 Å². The van der Waals surface area contributed by atoms with Gasteiger partial charge in [-0.1, -0.05) is 50.6 Å². The van der Waals surface area contributed by atoms with Crippen molar-refractivity contribution in [2.45, 2.75) is 78.2 Å². The summed E-state index contributed by atoms with van der Waals surface area (Å²) in [6.45, 7) is 8.92. The van der Waals surface area contributed by atoms with Crippen molar-refractivity contribution in [1.29, 1.82) is 0 Å². The monoisotopic (exact) mass is 449 g/mol. The van der Waals surface area contributed by atoms with Gasteiger partial charge in [-0.25, -0.2) is 4.79 Å². The molecule has 0 aromatic heterocycles. The van der Waals surface area contributed by atoms with Crippen LogP contribution in [0.25, 0.3) is 0 Å². The minimum atomic E-state index is -1.08. The summed E-state index contributed by atoms with van der Waals surface area (Å²) in [7, 11) is 0. The third-order valence-electron chi connectivity index (χ3n) is 4.71. The van der Waals surface area contributed by atoms with Gasteiger partial charge in [0, 0.05) is 6.42 Å². The van der Waals surface area contributed by atoms with Crippen molar-refractivity contribution in [3.63, 3.8) is 0 Å². The molecule has 0 saturated heterocycles. The fraction of sp³-hybridized carbons (Fsp3) is 0.565. The van der Waals surface area contributed by atoms with Gasteiger partial charge in [0.2, 0.25) is 11.8 Å². The highest BCUT2D eigenvalue weighted by molar-refractivity contribution is 5.91. The highest BCUT2D eigenvalue weighted by Gasteiger charge is 2.31. The molecule has 0 aliphatic rings. The number of benzene rings is 1. The van der Waals surface area contributed by atoms with Crippen LogP contribution in [-0.2, 0) is 30.5 Å². The normalized spacial score (nSPS) is 13.9. The molecule has 1 aromatic rings. The molecule has 178 valence electrons. The molecule has 0 fully saturated rings. The number of carbonyl (C=O) groups excluding carboxylic acids is 4. The molecule has 3 atom stereocenters. The lowest BCUT2D eigenvalue weighted by molar-refractivity contribution is -0.145. The molecule has 1 aromatic carbocycles. The lowest BCUT2D eigenvalue weighted by atomic mass is 9.98. The largest absolute Gasteiger partial charge is 0.461 e. The molecule has 0 radical (unpaired) electrons. The quantitative estimate of drug-likeness (QED) is 0.444. The number of hydrogen-bond donors (Lipinski definition) is 3. The van der Waals surface area contributed by atoms with Gasteiger partial charge in [0.25, 0.3) is 0 Å². The van der Waals surface area contributed by atoms with Crippen LogP contribution >= 0.6 is 0 Å². The van der Waals surface area contributed by atoms with Gasteiger partial charge in [-0.3, -0.25) is 14.4 Å². The second-order valence-electron chi connectivity index (χ2n) is 8.66. The average Bonchev–Trinajstić information content (AvgIpc) is 2.71. The first-order valence-electron chi connectivity index (χ1n) is 10.7. The number of nitrogens with two attached hydrogens (primary N) is 1. The van der Waals surface area contributed by atoms with E-state index >= 15 is 0 Å². The van der Waals surface area contributed by atoms with Crippen LogP contribution in [-0.4, -0.2) is 41.6 Å². The Morgan fingerprint density at radius 1 is 1.06 bits per heavy atom. The van der Waals surface area contributed by atoms with Gasteiger partial charge in [0.1, 0.15) is 24.3 Å². The Morgan fingerprint density at radius 2 is 1.69 bits per heavy atom. The molecule has 0 spiro atoms. The van der Waals surface area contributed by atoms with E-state index in [0.717, 1.165) is 5.56 Å². The van der Waals surface area contributed by atoms with Gasteiger partial charge in [-0.05, 0) is 38.7 Å². The third-order valence-corrected chi connectivity index (χ3v) is 4.71. The molecule has 3 amide bonds. The lowest BCUT2D eigenvalue weighted by Crippen LogP contribution is -2.55. The standard InChI is InChI=1S/C23H35N3O6/c1-6-15(2)19(26-22(30)32-23(3,4)5)21(29)25-17(20(24)28)12-13-18(27)31-14-16-10-8-7-9-11-16/h7-11,15,17,19H,6,12-14H2,1-5H3,(H2,24,28)(H,25,29)(H,26,30)/t15-,17-,19-/m0/s1. The molecule has 0 saturated carbocycles. The predicted octanol–water partition coefficient (Wildman–Crippen LogP) is 2.42. The van der Waals surface area contributed by atoms with Crippen molar-refractivity contribution in [2.24, 2.45) is 11.7 Å². The van der Waals surface area contributed by atoms with E-state index in [9.17, 15) is 19.2 Å². The zero-order chi connectivity index (χ0) is 24.3. The fourth-order valence-electron chi connectivity index (χ4n) is 2.76. The molecule has 0 heterocycles. The number of amides is 3. The fourth-order valence-corrected chi connectivity index (χ4v) is 2.76. The van der Waals surface area contributed by atoms with E-state index in [1.807, 2.05) is 37.3 Å². The Hall–Kier alpha value is -3.10. The minimum absolute atomic E-state index is 0.0195. The predicted molar refractivity (Wildman–Crippen MR) is 119 cm³/mol. The van der Waals surface area contributed by atoms with Crippen LogP contribution in [0.5, 0.6) is 0 Å². The summed E-state index contributed by atoms with van der Waals surface area (Å²) in [5, 5.41) is 5.09. The number of ether oxygens (including phenoxy) is 2. The molecule has 9 heteroatoms. The number of primary amides is 1. The molecule has 0 bridgehead atoms. The van der Waals surface area contributed by atoms with Crippen molar-refractivity contribution >= 4 is 23.9 Å². The van der Waals surface area contributed by atoms with Crippen LogP contribution in [0.4, 0.5) is 4.79 Å². The summed E-state index contributed by atoms with van der Waals surface area (Å²) in [6, 6.07) is 7.16. The molecular weight excluding hydrogens is 414 g/mol. The summed E-state index contributed by atoms with van der Waals surface area (Å²) in [6.07, 6.45) is -0.262. The van der Waals surface area contributed by atoms with Crippen LogP contribution in [0, 0.1) is 5.92 Å². The van der Waals surface area contributed by atoms with E-state index in [1.54, 1.807) is 27.7 Å². The maximum Gasteiger partial charge on any atom is 0.408 e. The summed E-state index contributed by atoms with van der Waals surface area (Å²) in [5.41, 5.74) is 5.52. The first kappa shape index (κ1) is 26.9. The van der Waals surface area contributed by atoms with E-state index in [-0.39, 0.29) is 25.4 Å². The molecule has 1 rings (SSSR count). The molecule has 0 unspecified atom stereocenters. The van der Waals surface area contributed by atoms with Crippen molar-refractivity contribution < 1.29 is 28.7 Å². The number of alkyl carbamates (subject to hydrolysis) is 1. The Labute approximate surface area is 189 Å². The van der Waals surface area contributed by atoms with Gasteiger partial charge in [-0.2, -0.15) is 0 Å². The van der Waals surface area contributed by atoms with Crippen LogP contribution in [0.1, 0.15) is 59.4 Å². The third kappa shape index (κ3) is 10.3. The summed E-state index contributed by atoms with van der Waals surface area (Å²) in [5.74, 6) is -2.10. The number of hydrogen-bond acceptors (Lipinski definition) is 6. The highest BCUT2D eigenvalue weighted by atomic mass is 16.6. The van der Waals surface area contributed by atoms with Crippen LogP contribution in [0.3, 0.4) is 0 Å². The van der Waals surface area contributed by atoms with E-state index in [1.165, 1.54) is 0 Å². The number of esters is 1. The van der Waals surface area contributed by atoms with Gasteiger partial charge in [0.15, 0.2) is 0 Å². The molecular formula is C23H35N3O6. The van der Waals surface area contributed by atoms with Crippen molar-refractivity contribution in [3.8, 4) is 0 Å². The van der Waals surface area contributed by atoms with Crippen molar-refractivity contribution in [1.82, 2.24) is 10.6 Å². The zero-order valence-electron chi connectivity index (χ0n) is 19.5. The number of carbonyl (C=O) groups is 4. The highest BCUT2D eigenvalue weighted by Crippen LogP contribution is 2.12. The topological polar surface area (TPSA) is 137 Å². The molecule has 4 N–H and O–H groups in total. The first-order chi connectivity index (χ1) is 14.9. The van der Waals surface area contributed by atoms with Crippen LogP contribution in [0.2, 0.25) is 0 Å².